The summed E-state index contributed by atoms with van der Waals surface area (Å²) in [7, 11) is 3.02. The lowest BCUT2D eigenvalue weighted by Crippen LogP contribution is -2.23. The molecule has 128 valence electrons. The maximum absolute atomic E-state index is 12.1. The second-order valence-corrected chi connectivity index (χ2v) is 5.09. The summed E-state index contributed by atoms with van der Waals surface area (Å²) in [5.74, 6) is -0.0926. The van der Waals surface area contributed by atoms with Crippen molar-refractivity contribution in [2.45, 2.75) is 0 Å². The van der Waals surface area contributed by atoms with E-state index in [1.54, 1.807) is 42.5 Å². The van der Waals surface area contributed by atoms with Gasteiger partial charge < -0.3 is 20.7 Å². The van der Waals surface area contributed by atoms with Crippen molar-refractivity contribution >= 4 is 23.2 Å². The lowest BCUT2D eigenvalue weighted by molar-refractivity contribution is -0.114. The number of ether oxygens (including phenoxy) is 1. The Bertz CT molecular complexity index is 810. The molecule has 2 aromatic carbocycles. The molecule has 0 saturated heterocycles. The molecule has 0 aliphatic heterocycles. The van der Waals surface area contributed by atoms with E-state index in [-0.39, 0.29) is 18.4 Å². The third-order valence-corrected chi connectivity index (χ3v) is 3.43. The average Bonchev–Trinajstić information content (AvgIpc) is 2.66. The number of benzene rings is 2. The fourth-order valence-corrected chi connectivity index (χ4v) is 2.13. The highest BCUT2D eigenvalue weighted by Crippen LogP contribution is 2.25. The van der Waals surface area contributed by atoms with Gasteiger partial charge in [0.25, 0.3) is 5.91 Å². The lowest BCUT2D eigenvalue weighted by Gasteiger charge is -2.12. The molecule has 0 atom stereocenters. The van der Waals surface area contributed by atoms with E-state index in [1.165, 1.54) is 14.2 Å². The minimum absolute atomic E-state index is 0.0270. The van der Waals surface area contributed by atoms with Gasteiger partial charge in [-0.15, -0.1) is 0 Å². The molecule has 0 spiro atoms. The van der Waals surface area contributed by atoms with Crippen molar-refractivity contribution in [2.75, 3.05) is 31.3 Å². The van der Waals surface area contributed by atoms with Crippen molar-refractivity contribution in [2.24, 2.45) is 0 Å². The molecule has 2 rings (SSSR count). The van der Waals surface area contributed by atoms with Gasteiger partial charge in [-0.1, -0.05) is 0 Å². The Hall–Kier alpha value is -3.53. The molecule has 2 amide bonds. The average molecular weight is 338 g/mol. The number of methoxy groups -OCH3 is 1. The highest BCUT2D eigenvalue weighted by atomic mass is 16.5. The van der Waals surface area contributed by atoms with Gasteiger partial charge in [0.05, 0.1) is 31.0 Å². The second kappa shape index (κ2) is 8.36. The Morgan fingerprint density at radius 3 is 2.48 bits per heavy atom. The minimum atomic E-state index is -0.295. The van der Waals surface area contributed by atoms with E-state index in [0.717, 1.165) is 5.69 Å². The molecule has 7 nitrogen and oxygen atoms in total. The number of carbonyl (C=O) groups is 2. The molecule has 0 saturated carbocycles. The number of nitrogens with zero attached hydrogens (tertiary/aromatic N) is 1. The van der Waals surface area contributed by atoms with Gasteiger partial charge in [-0.25, -0.2) is 0 Å². The first-order valence-electron chi connectivity index (χ1n) is 7.51. The zero-order chi connectivity index (χ0) is 18.2. The summed E-state index contributed by atoms with van der Waals surface area (Å²) in [6, 6.07) is 13.6. The van der Waals surface area contributed by atoms with E-state index < -0.39 is 0 Å². The van der Waals surface area contributed by atoms with Gasteiger partial charge >= 0.3 is 0 Å². The number of anilines is 2. The van der Waals surface area contributed by atoms with Crippen LogP contribution in [-0.4, -0.2) is 32.5 Å². The van der Waals surface area contributed by atoms with Crippen molar-refractivity contribution in [1.29, 1.82) is 5.26 Å². The number of hydrogen-bond acceptors (Lipinski definition) is 5. The number of nitrogens with one attached hydrogen (secondary N) is 3. The Morgan fingerprint density at radius 2 is 1.88 bits per heavy atom. The van der Waals surface area contributed by atoms with E-state index in [0.29, 0.717) is 22.6 Å². The summed E-state index contributed by atoms with van der Waals surface area (Å²) in [5, 5.41) is 17.0. The normalized spacial score (nSPS) is 9.64. The Labute approximate surface area is 145 Å². The van der Waals surface area contributed by atoms with Crippen LogP contribution < -0.4 is 20.7 Å². The molecule has 0 fully saturated rings. The van der Waals surface area contributed by atoms with Crippen LogP contribution in [0.2, 0.25) is 0 Å². The number of amides is 2. The van der Waals surface area contributed by atoms with Crippen molar-refractivity contribution < 1.29 is 14.3 Å². The molecule has 0 aromatic heterocycles. The zero-order valence-corrected chi connectivity index (χ0v) is 13.9. The predicted molar refractivity (Wildman–Crippen MR) is 94.7 cm³/mol. The summed E-state index contributed by atoms with van der Waals surface area (Å²) in [4.78, 5) is 23.9. The number of carbonyl (C=O) groups excluding carboxylic acids is 2. The summed E-state index contributed by atoms with van der Waals surface area (Å²) in [6.07, 6.45) is 0. The summed E-state index contributed by atoms with van der Waals surface area (Å²) in [5.41, 5.74) is 2.10. The van der Waals surface area contributed by atoms with Crippen LogP contribution in [-0.2, 0) is 4.79 Å². The quantitative estimate of drug-likeness (QED) is 0.747. The Balaban J connectivity index is 2.03. The van der Waals surface area contributed by atoms with Gasteiger partial charge in [0, 0.05) is 18.3 Å². The predicted octanol–water partition coefficient (Wildman–Crippen LogP) is 1.98. The third kappa shape index (κ3) is 4.72. The van der Waals surface area contributed by atoms with Crippen molar-refractivity contribution in [3.63, 3.8) is 0 Å². The van der Waals surface area contributed by atoms with Crippen LogP contribution in [0.25, 0.3) is 0 Å². The van der Waals surface area contributed by atoms with Crippen LogP contribution >= 0.6 is 0 Å². The Kier molecular flexibility index (Phi) is 5.96. The smallest absolute Gasteiger partial charge is 0.251 e. The molecule has 0 heterocycles. The minimum Gasteiger partial charge on any atom is -0.495 e. The third-order valence-electron chi connectivity index (χ3n) is 3.43. The molecule has 0 bridgehead atoms. The van der Waals surface area contributed by atoms with E-state index in [4.69, 9.17) is 10.00 Å². The van der Waals surface area contributed by atoms with Crippen molar-refractivity contribution in [3.8, 4) is 11.8 Å². The molecular weight excluding hydrogens is 320 g/mol. The highest BCUT2D eigenvalue weighted by molar-refractivity contribution is 5.99. The largest absolute Gasteiger partial charge is 0.495 e. The fourth-order valence-electron chi connectivity index (χ4n) is 2.13. The van der Waals surface area contributed by atoms with Gasteiger partial charge in [-0.2, -0.15) is 5.26 Å². The van der Waals surface area contributed by atoms with Gasteiger partial charge in [-0.3, -0.25) is 9.59 Å². The van der Waals surface area contributed by atoms with E-state index in [1.807, 2.05) is 6.07 Å². The van der Waals surface area contributed by atoms with Gasteiger partial charge in [0.15, 0.2) is 0 Å². The summed E-state index contributed by atoms with van der Waals surface area (Å²) >= 11 is 0. The first kappa shape index (κ1) is 17.8. The molecule has 25 heavy (non-hydrogen) atoms. The fraction of sp³-hybridized carbons (Fsp3) is 0.167. The molecule has 0 radical (unpaired) electrons. The van der Waals surface area contributed by atoms with Crippen molar-refractivity contribution in [3.05, 3.63) is 53.6 Å². The number of nitriles is 1. The van der Waals surface area contributed by atoms with E-state index in [2.05, 4.69) is 16.0 Å². The highest BCUT2D eigenvalue weighted by Gasteiger charge is 2.11. The van der Waals surface area contributed by atoms with E-state index in [9.17, 15) is 9.59 Å². The topological polar surface area (TPSA) is 103 Å². The maximum atomic E-state index is 12.1. The SMILES string of the molecule is CNC(=O)c1ccc(OC)c(NC(=O)CNc2ccc(C#N)cc2)c1. The summed E-state index contributed by atoms with van der Waals surface area (Å²) in [6.45, 7) is 0.0270. The molecule has 7 heteroatoms. The standard InChI is InChI=1S/C18H18N4O3/c1-20-18(24)13-5-8-16(25-2)15(9-13)22-17(23)11-21-14-6-3-12(10-19)4-7-14/h3-9,21H,11H2,1-2H3,(H,20,24)(H,22,23). The number of rotatable bonds is 6. The van der Waals surface area contributed by atoms with Gasteiger partial charge in [-0.05, 0) is 42.5 Å². The first-order valence-corrected chi connectivity index (χ1v) is 7.51. The van der Waals surface area contributed by atoms with Gasteiger partial charge in [0.2, 0.25) is 5.91 Å². The maximum Gasteiger partial charge on any atom is 0.251 e. The lowest BCUT2D eigenvalue weighted by atomic mass is 10.1. The zero-order valence-electron chi connectivity index (χ0n) is 13.9. The molecule has 0 aliphatic rings. The van der Waals surface area contributed by atoms with Crippen LogP contribution in [0.3, 0.4) is 0 Å². The van der Waals surface area contributed by atoms with Crippen LogP contribution in [0.15, 0.2) is 42.5 Å². The summed E-state index contributed by atoms with van der Waals surface area (Å²) < 4.78 is 5.21. The Morgan fingerprint density at radius 1 is 1.16 bits per heavy atom. The van der Waals surface area contributed by atoms with Crippen molar-refractivity contribution in [1.82, 2.24) is 5.32 Å². The van der Waals surface area contributed by atoms with Crippen LogP contribution in [0, 0.1) is 11.3 Å². The van der Waals surface area contributed by atoms with Gasteiger partial charge in [0.1, 0.15) is 5.75 Å². The number of hydrogen-bond donors (Lipinski definition) is 3. The van der Waals surface area contributed by atoms with Crippen LogP contribution in [0.1, 0.15) is 15.9 Å². The molecule has 0 unspecified atom stereocenters. The van der Waals surface area contributed by atoms with Crippen LogP contribution in [0.5, 0.6) is 5.75 Å². The molecule has 3 N–H and O–H groups in total. The van der Waals surface area contributed by atoms with E-state index >= 15 is 0 Å². The molecular formula is C18H18N4O3. The first-order chi connectivity index (χ1) is 12.1. The molecule has 2 aromatic rings. The molecule has 0 aliphatic carbocycles. The monoisotopic (exact) mass is 338 g/mol. The van der Waals surface area contributed by atoms with Crippen LogP contribution in [0.4, 0.5) is 11.4 Å². The second-order valence-electron chi connectivity index (χ2n) is 5.09.